The first-order chi connectivity index (χ1) is 9.17. The van der Waals surface area contributed by atoms with Crippen LogP contribution in [0, 0.1) is 5.82 Å². The first-order valence-electron chi connectivity index (χ1n) is 5.88. The average molecular weight is 281 g/mol. The fraction of sp³-hybridized carbons (Fsp3) is 0.286. The van der Waals surface area contributed by atoms with Crippen molar-refractivity contribution in [1.82, 2.24) is 0 Å². The van der Waals surface area contributed by atoms with Gasteiger partial charge in [0.15, 0.2) is 0 Å². The number of hydrogen-bond acceptors (Lipinski definition) is 3. The smallest absolute Gasteiger partial charge is 0.412 e. The van der Waals surface area contributed by atoms with Crippen molar-refractivity contribution >= 4 is 23.8 Å². The van der Waals surface area contributed by atoms with Gasteiger partial charge < -0.3 is 9.84 Å². The molecular formula is C14H16FNO4. The molecule has 0 heterocycles. The number of amides is 1. The van der Waals surface area contributed by atoms with Crippen molar-refractivity contribution in [3.63, 3.8) is 0 Å². The van der Waals surface area contributed by atoms with E-state index < -0.39 is 23.5 Å². The molecule has 1 aromatic carbocycles. The topological polar surface area (TPSA) is 75.6 Å². The Hall–Kier alpha value is -2.37. The third-order valence-electron chi connectivity index (χ3n) is 2.05. The van der Waals surface area contributed by atoms with Gasteiger partial charge in [-0.2, -0.15) is 0 Å². The molecule has 0 aliphatic rings. The molecule has 0 aliphatic carbocycles. The largest absolute Gasteiger partial charge is 0.478 e. The van der Waals surface area contributed by atoms with Crippen molar-refractivity contribution in [2.75, 3.05) is 5.32 Å². The predicted molar refractivity (Wildman–Crippen MR) is 72.9 cm³/mol. The minimum atomic E-state index is -1.19. The molecule has 6 heteroatoms. The molecule has 0 saturated carbocycles. The van der Waals surface area contributed by atoms with Gasteiger partial charge in [-0.15, -0.1) is 0 Å². The Balaban J connectivity index is 2.85. The maximum Gasteiger partial charge on any atom is 0.412 e. The van der Waals surface area contributed by atoms with E-state index in [4.69, 9.17) is 9.84 Å². The molecule has 0 bridgehead atoms. The molecule has 0 atom stereocenters. The molecule has 0 radical (unpaired) electrons. The van der Waals surface area contributed by atoms with Gasteiger partial charge in [-0.1, -0.05) is 0 Å². The highest BCUT2D eigenvalue weighted by molar-refractivity contribution is 5.87. The number of carbonyl (C=O) groups is 2. The van der Waals surface area contributed by atoms with Gasteiger partial charge in [-0.25, -0.2) is 14.0 Å². The lowest BCUT2D eigenvalue weighted by molar-refractivity contribution is -0.131. The Kier molecular flexibility index (Phi) is 4.85. The Bertz CT molecular complexity index is 547. The Morgan fingerprint density at radius 2 is 2.00 bits per heavy atom. The normalized spacial score (nSPS) is 11.4. The molecule has 0 fully saturated rings. The van der Waals surface area contributed by atoms with E-state index in [0.717, 1.165) is 18.2 Å². The van der Waals surface area contributed by atoms with Crippen molar-refractivity contribution in [3.05, 3.63) is 35.7 Å². The van der Waals surface area contributed by atoms with E-state index in [-0.39, 0.29) is 5.56 Å². The lowest BCUT2D eigenvalue weighted by Crippen LogP contribution is -2.27. The van der Waals surface area contributed by atoms with Crippen LogP contribution in [0.5, 0.6) is 0 Å². The molecule has 108 valence electrons. The highest BCUT2D eigenvalue weighted by atomic mass is 19.1. The van der Waals surface area contributed by atoms with E-state index >= 15 is 0 Å². The number of aliphatic carboxylic acids is 1. The number of carbonyl (C=O) groups excluding carboxylic acids is 1. The summed E-state index contributed by atoms with van der Waals surface area (Å²) >= 11 is 0. The fourth-order valence-electron chi connectivity index (χ4n) is 1.33. The summed E-state index contributed by atoms with van der Waals surface area (Å²) in [6.07, 6.45) is 1.26. The van der Waals surface area contributed by atoms with Crippen LogP contribution < -0.4 is 5.32 Å². The molecule has 2 N–H and O–H groups in total. The quantitative estimate of drug-likeness (QED) is 0.834. The van der Waals surface area contributed by atoms with Crippen LogP contribution in [0.3, 0.4) is 0 Å². The minimum Gasteiger partial charge on any atom is -0.478 e. The molecule has 0 aliphatic heterocycles. The Morgan fingerprint density at radius 1 is 1.35 bits per heavy atom. The van der Waals surface area contributed by atoms with Gasteiger partial charge in [0.25, 0.3) is 0 Å². The molecule has 1 amide bonds. The van der Waals surface area contributed by atoms with E-state index in [0.29, 0.717) is 5.69 Å². The highest BCUT2D eigenvalue weighted by Gasteiger charge is 2.16. The number of anilines is 1. The summed E-state index contributed by atoms with van der Waals surface area (Å²) in [6.45, 7) is 5.16. The van der Waals surface area contributed by atoms with Gasteiger partial charge in [0.2, 0.25) is 0 Å². The minimum absolute atomic E-state index is 0.0564. The van der Waals surface area contributed by atoms with Gasteiger partial charge in [0, 0.05) is 17.3 Å². The number of carboxylic acid groups (broad SMARTS) is 1. The van der Waals surface area contributed by atoms with Crippen molar-refractivity contribution in [2.45, 2.75) is 26.4 Å². The van der Waals surface area contributed by atoms with Crippen LogP contribution >= 0.6 is 0 Å². The van der Waals surface area contributed by atoms with E-state index in [1.54, 1.807) is 20.8 Å². The maximum atomic E-state index is 13.4. The lowest BCUT2D eigenvalue weighted by atomic mass is 10.1. The third-order valence-corrected chi connectivity index (χ3v) is 2.05. The lowest BCUT2D eigenvalue weighted by Gasteiger charge is -2.19. The maximum absolute atomic E-state index is 13.4. The second kappa shape index (κ2) is 6.18. The van der Waals surface area contributed by atoms with Crippen molar-refractivity contribution in [2.24, 2.45) is 0 Å². The monoisotopic (exact) mass is 281 g/mol. The second-order valence-corrected chi connectivity index (χ2v) is 5.03. The SMILES string of the molecule is CC(C)(C)OC(=O)Nc1ccc(F)c(/C=C/C(=O)O)c1. The van der Waals surface area contributed by atoms with Gasteiger partial charge in [0.1, 0.15) is 11.4 Å². The molecule has 5 nitrogen and oxygen atoms in total. The standard InChI is InChI=1S/C14H16FNO4/c1-14(2,3)20-13(19)16-10-5-6-11(15)9(8-10)4-7-12(17)18/h4-8H,1-3H3,(H,16,19)(H,17,18)/b7-4+. The summed E-state index contributed by atoms with van der Waals surface area (Å²) in [5.74, 6) is -1.77. The molecule has 1 rings (SSSR count). The zero-order valence-electron chi connectivity index (χ0n) is 11.4. The number of hydrogen-bond donors (Lipinski definition) is 2. The van der Waals surface area contributed by atoms with Gasteiger partial charge in [-0.05, 0) is 45.0 Å². The van der Waals surface area contributed by atoms with Crippen LogP contribution in [0.25, 0.3) is 6.08 Å². The van der Waals surface area contributed by atoms with Crippen LogP contribution in [-0.4, -0.2) is 22.8 Å². The Morgan fingerprint density at radius 3 is 2.55 bits per heavy atom. The molecule has 0 saturated heterocycles. The summed E-state index contributed by atoms with van der Waals surface area (Å²) in [5, 5.41) is 11.0. The van der Waals surface area contributed by atoms with Crippen LogP contribution in [0.2, 0.25) is 0 Å². The molecule has 0 unspecified atom stereocenters. The average Bonchev–Trinajstić information content (AvgIpc) is 2.27. The number of benzene rings is 1. The summed E-state index contributed by atoms with van der Waals surface area (Å²) in [5.41, 5.74) is -0.275. The van der Waals surface area contributed by atoms with E-state index in [1.165, 1.54) is 12.1 Å². The molecule has 20 heavy (non-hydrogen) atoms. The molecule has 1 aromatic rings. The van der Waals surface area contributed by atoms with Crippen LogP contribution in [-0.2, 0) is 9.53 Å². The van der Waals surface area contributed by atoms with Crippen LogP contribution in [0.15, 0.2) is 24.3 Å². The Labute approximate surface area is 116 Å². The van der Waals surface area contributed by atoms with Crippen molar-refractivity contribution < 1.29 is 23.8 Å². The summed E-state index contributed by atoms with van der Waals surface area (Å²) in [6, 6.07) is 3.81. The first kappa shape index (κ1) is 15.7. The number of ether oxygens (including phenoxy) is 1. The third kappa shape index (κ3) is 5.51. The van der Waals surface area contributed by atoms with E-state index in [2.05, 4.69) is 5.32 Å². The van der Waals surface area contributed by atoms with Crippen molar-refractivity contribution in [3.8, 4) is 0 Å². The summed E-state index contributed by atoms with van der Waals surface area (Å²) < 4.78 is 18.5. The zero-order valence-corrected chi connectivity index (χ0v) is 11.4. The number of nitrogens with one attached hydrogen (secondary N) is 1. The number of halogens is 1. The second-order valence-electron chi connectivity index (χ2n) is 5.03. The van der Waals surface area contributed by atoms with Gasteiger partial charge in [0.05, 0.1) is 0 Å². The van der Waals surface area contributed by atoms with Gasteiger partial charge in [-0.3, -0.25) is 5.32 Å². The zero-order chi connectivity index (χ0) is 15.3. The fourth-order valence-corrected chi connectivity index (χ4v) is 1.33. The molecule has 0 aromatic heterocycles. The summed E-state index contributed by atoms with van der Waals surface area (Å²) in [4.78, 5) is 22.0. The van der Waals surface area contributed by atoms with E-state index in [1.807, 2.05) is 0 Å². The van der Waals surface area contributed by atoms with E-state index in [9.17, 15) is 14.0 Å². The summed E-state index contributed by atoms with van der Waals surface area (Å²) in [7, 11) is 0. The predicted octanol–water partition coefficient (Wildman–Crippen LogP) is 3.27. The highest BCUT2D eigenvalue weighted by Crippen LogP contribution is 2.17. The first-order valence-corrected chi connectivity index (χ1v) is 5.88. The number of carboxylic acids is 1. The number of rotatable bonds is 3. The van der Waals surface area contributed by atoms with Crippen LogP contribution in [0.4, 0.5) is 14.9 Å². The molecule has 0 spiro atoms. The van der Waals surface area contributed by atoms with Gasteiger partial charge >= 0.3 is 12.1 Å². The van der Waals surface area contributed by atoms with Crippen LogP contribution in [0.1, 0.15) is 26.3 Å². The van der Waals surface area contributed by atoms with Crippen molar-refractivity contribution in [1.29, 1.82) is 0 Å². The molecular weight excluding hydrogens is 265 g/mol.